The first-order valence-electron chi connectivity index (χ1n) is 7.42. The molecule has 0 saturated carbocycles. The summed E-state index contributed by atoms with van der Waals surface area (Å²) in [4.78, 5) is 12.0. The molecule has 0 atom stereocenters. The van der Waals surface area contributed by atoms with Crippen LogP contribution in [-0.2, 0) is 4.79 Å². The number of aryl methyl sites for hydroxylation is 3. The molecule has 0 radical (unpaired) electrons. The summed E-state index contributed by atoms with van der Waals surface area (Å²) in [6.45, 7) is 5.72. The van der Waals surface area contributed by atoms with Gasteiger partial charge in [-0.1, -0.05) is 29.8 Å². The largest absolute Gasteiger partial charge is 0.483 e. The molecule has 0 aromatic heterocycles. The van der Waals surface area contributed by atoms with Crippen LogP contribution in [-0.4, -0.2) is 17.6 Å². The van der Waals surface area contributed by atoms with E-state index in [9.17, 15) is 4.79 Å². The third kappa shape index (κ3) is 5.22. The number of nitrogens with one attached hydrogen (secondary N) is 2. The van der Waals surface area contributed by atoms with E-state index >= 15 is 0 Å². The van der Waals surface area contributed by atoms with Crippen molar-refractivity contribution < 1.29 is 9.53 Å². The molecule has 0 fully saturated rings. The van der Waals surface area contributed by atoms with Crippen molar-refractivity contribution in [3.05, 3.63) is 58.1 Å². The van der Waals surface area contributed by atoms with E-state index in [-0.39, 0.29) is 17.6 Å². The fourth-order valence-electron chi connectivity index (χ4n) is 2.05. The highest BCUT2D eigenvalue weighted by Crippen LogP contribution is 2.20. The Hall–Kier alpha value is -2.11. The first-order chi connectivity index (χ1) is 11.3. The molecule has 0 bridgehead atoms. The number of carbonyl (C=O) groups excluding carboxylic acids is 1. The van der Waals surface area contributed by atoms with Crippen LogP contribution in [0.25, 0.3) is 0 Å². The minimum absolute atomic E-state index is 0.110. The lowest BCUT2D eigenvalue weighted by molar-refractivity contribution is -0.121. The zero-order valence-corrected chi connectivity index (χ0v) is 15.3. The molecule has 2 rings (SSSR count). The predicted octanol–water partition coefficient (Wildman–Crippen LogP) is 4.16. The van der Waals surface area contributed by atoms with Gasteiger partial charge in [0.2, 0.25) is 0 Å². The number of ether oxygens (including phenoxy) is 1. The van der Waals surface area contributed by atoms with E-state index in [0.29, 0.717) is 10.8 Å². The van der Waals surface area contributed by atoms with Crippen LogP contribution in [0, 0.1) is 20.8 Å². The first kappa shape index (κ1) is 18.2. The molecule has 0 aliphatic heterocycles. The molecular weight excluding hydrogens is 344 g/mol. The highest BCUT2D eigenvalue weighted by Gasteiger charge is 2.09. The fraction of sp³-hybridized carbons (Fsp3) is 0.222. The molecule has 0 unspecified atom stereocenters. The van der Waals surface area contributed by atoms with Gasteiger partial charge in [0.1, 0.15) is 5.75 Å². The van der Waals surface area contributed by atoms with Crippen LogP contribution in [0.4, 0.5) is 5.69 Å². The van der Waals surface area contributed by atoms with Gasteiger partial charge < -0.3 is 10.1 Å². The van der Waals surface area contributed by atoms with Gasteiger partial charge in [-0.05, 0) is 67.9 Å². The minimum Gasteiger partial charge on any atom is -0.483 e. The molecule has 2 aromatic rings. The van der Waals surface area contributed by atoms with Crippen molar-refractivity contribution in [1.29, 1.82) is 0 Å². The second-order valence-corrected chi connectivity index (χ2v) is 6.36. The number of halogens is 1. The summed E-state index contributed by atoms with van der Waals surface area (Å²) < 4.78 is 5.55. The van der Waals surface area contributed by atoms with Crippen molar-refractivity contribution in [3.63, 3.8) is 0 Å². The van der Waals surface area contributed by atoms with Crippen LogP contribution in [0.5, 0.6) is 5.75 Å². The Morgan fingerprint density at radius 3 is 2.58 bits per heavy atom. The molecule has 0 saturated heterocycles. The number of amides is 1. The summed E-state index contributed by atoms with van der Waals surface area (Å²) in [7, 11) is 0. The lowest BCUT2D eigenvalue weighted by Crippen LogP contribution is -2.37. The van der Waals surface area contributed by atoms with Crippen LogP contribution < -0.4 is 15.4 Å². The third-order valence-electron chi connectivity index (χ3n) is 3.40. The second-order valence-electron chi connectivity index (χ2n) is 5.52. The molecule has 0 aliphatic carbocycles. The van der Waals surface area contributed by atoms with Gasteiger partial charge >= 0.3 is 0 Å². The van der Waals surface area contributed by atoms with E-state index in [4.69, 9.17) is 28.6 Å². The van der Waals surface area contributed by atoms with E-state index < -0.39 is 0 Å². The summed E-state index contributed by atoms with van der Waals surface area (Å²) in [6.07, 6.45) is 0. The van der Waals surface area contributed by atoms with Gasteiger partial charge in [0, 0.05) is 10.7 Å². The van der Waals surface area contributed by atoms with Crippen LogP contribution in [0.2, 0.25) is 5.02 Å². The Labute approximate surface area is 152 Å². The van der Waals surface area contributed by atoms with E-state index in [1.807, 2.05) is 45.0 Å². The van der Waals surface area contributed by atoms with Gasteiger partial charge in [0.25, 0.3) is 5.91 Å². The SMILES string of the molecule is Cc1ccc(C)c(OCC(=O)NC(=S)Nc2cc(Cl)ccc2C)c1. The summed E-state index contributed by atoms with van der Waals surface area (Å²) in [6, 6.07) is 11.3. The quantitative estimate of drug-likeness (QED) is 0.802. The lowest BCUT2D eigenvalue weighted by atomic mass is 10.1. The molecule has 4 nitrogen and oxygen atoms in total. The number of carbonyl (C=O) groups is 1. The predicted molar refractivity (Wildman–Crippen MR) is 102 cm³/mol. The number of hydrogen-bond donors (Lipinski definition) is 2. The zero-order valence-electron chi connectivity index (χ0n) is 13.8. The van der Waals surface area contributed by atoms with Crippen LogP contribution in [0.3, 0.4) is 0 Å². The maximum atomic E-state index is 12.0. The monoisotopic (exact) mass is 362 g/mol. The Bertz CT molecular complexity index is 778. The van der Waals surface area contributed by atoms with Crippen molar-refractivity contribution in [1.82, 2.24) is 5.32 Å². The Morgan fingerprint density at radius 1 is 1.12 bits per heavy atom. The minimum atomic E-state index is -0.326. The average Bonchev–Trinajstić information content (AvgIpc) is 2.51. The number of hydrogen-bond acceptors (Lipinski definition) is 3. The van der Waals surface area contributed by atoms with Gasteiger partial charge in [-0.3, -0.25) is 10.1 Å². The molecule has 126 valence electrons. The van der Waals surface area contributed by atoms with Crippen molar-refractivity contribution in [3.8, 4) is 5.75 Å². The molecule has 0 spiro atoms. The Kier molecular flexibility index (Phi) is 6.17. The van der Waals surface area contributed by atoms with Gasteiger partial charge in [-0.25, -0.2) is 0 Å². The summed E-state index contributed by atoms with van der Waals surface area (Å²) >= 11 is 11.1. The average molecular weight is 363 g/mol. The fourth-order valence-corrected chi connectivity index (χ4v) is 2.45. The molecule has 2 N–H and O–H groups in total. The maximum Gasteiger partial charge on any atom is 0.264 e. The molecule has 0 aliphatic rings. The van der Waals surface area contributed by atoms with E-state index in [1.165, 1.54) is 0 Å². The highest BCUT2D eigenvalue weighted by molar-refractivity contribution is 7.80. The van der Waals surface area contributed by atoms with Gasteiger partial charge in [0.15, 0.2) is 11.7 Å². The summed E-state index contributed by atoms with van der Waals surface area (Å²) in [5.74, 6) is 0.364. The second kappa shape index (κ2) is 8.13. The van der Waals surface area contributed by atoms with Gasteiger partial charge in [-0.15, -0.1) is 0 Å². The number of benzene rings is 2. The van der Waals surface area contributed by atoms with E-state index in [2.05, 4.69) is 10.6 Å². The van der Waals surface area contributed by atoms with Crippen LogP contribution >= 0.6 is 23.8 Å². The topological polar surface area (TPSA) is 50.4 Å². The van der Waals surface area contributed by atoms with E-state index in [0.717, 1.165) is 22.4 Å². The van der Waals surface area contributed by atoms with Gasteiger partial charge in [0.05, 0.1) is 0 Å². The third-order valence-corrected chi connectivity index (χ3v) is 3.84. The van der Waals surface area contributed by atoms with Crippen molar-refractivity contribution in [2.45, 2.75) is 20.8 Å². The van der Waals surface area contributed by atoms with Gasteiger partial charge in [-0.2, -0.15) is 0 Å². The molecule has 1 amide bonds. The Morgan fingerprint density at radius 2 is 1.83 bits per heavy atom. The molecule has 0 heterocycles. The smallest absolute Gasteiger partial charge is 0.264 e. The summed E-state index contributed by atoms with van der Waals surface area (Å²) in [5.41, 5.74) is 3.78. The molecule has 24 heavy (non-hydrogen) atoms. The van der Waals surface area contributed by atoms with E-state index in [1.54, 1.807) is 12.1 Å². The maximum absolute atomic E-state index is 12.0. The number of thiocarbonyl (C=S) groups is 1. The Balaban J connectivity index is 1.89. The summed E-state index contributed by atoms with van der Waals surface area (Å²) in [5, 5.41) is 6.35. The van der Waals surface area contributed by atoms with Crippen molar-refractivity contribution in [2.75, 3.05) is 11.9 Å². The van der Waals surface area contributed by atoms with Crippen LogP contribution in [0.15, 0.2) is 36.4 Å². The normalized spacial score (nSPS) is 10.2. The lowest BCUT2D eigenvalue weighted by Gasteiger charge is -2.13. The highest BCUT2D eigenvalue weighted by atomic mass is 35.5. The number of anilines is 1. The number of rotatable bonds is 4. The van der Waals surface area contributed by atoms with Crippen molar-refractivity contribution in [2.24, 2.45) is 0 Å². The van der Waals surface area contributed by atoms with Crippen LogP contribution in [0.1, 0.15) is 16.7 Å². The molecular formula is C18H19ClN2O2S. The first-order valence-corrected chi connectivity index (χ1v) is 8.21. The zero-order chi connectivity index (χ0) is 17.7. The molecule has 6 heteroatoms. The molecule has 2 aromatic carbocycles. The standard InChI is InChI=1S/C18H19ClN2O2S/c1-11-4-5-13(3)16(8-11)23-10-17(22)21-18(24)20-15-9-14(19)7-6-12(15)2/h4-9H,10H2,1-3H3,(H2,20,21,22,24). The van der Waals surface area contributed by atoms with Crippen molar-refractivity contribution >= 4 is 40.5 Å².